The first-order chi connectivity index (χ1) is 9.58. The number of hydrogen-bond acceptors (Lipinski definition) is 2. The summed E-state index contributed by atoms with van der Waals surface area (Å²) in [6.07, 6.45) is 0. The number of benzene rings is 2. The number of carbonyl (C=O) groups is 1. The van der Waals surface area contributed by atoms with E-state index in [1.807, 2.05) is 44.2 Å². The fourth-order valence-corrected chi connectivity index (χ4v) is 2.20. The van der Waals surface area contributed by atoms with Crippen LogP contribution in [-0.2, 0) is 11.3 Å². The summed E-state index contributed by atoms with van der Waals surface area (Å²) in [6.45, 7) is 4.61. The summed E-state index contributed by atoms with van der Waals surface area (Å²) in [4.78, 5) is 11.4. The average Bonchev–Trinajstić information content (AvgIpc) is 2.43. The van der Waals surface area contributed by atoms with Crippen LogP contribution in [0.1, 0.15) is 28.3 Å². The fourth-order valence-electron chi connectivity index (χ4n) is 2.20. The fraction of sp³-hybridized carbons (Fsp3) is 0.235. The molecule has 0 aromatic heterocycles. The number of rotatable bonds is 5. The van der Waals surface area contributed by atoms with Gasteiger partial charge in [-0.1, -0.05) is 54.1 Å². The molecular formula is C17H19NO2. The zero-order chi connectivity index (χ0) is 14.5. The van der Waals surface area contributed by atoms with Gasteiger partial charge in [0.25, 0.3) is 0 Å². The highest BCUT2D eigenvalue weighted by atomic mass is 16.4. The minimum atomic E-state index is -0.860. The molecule has 0 aliphatic rings. The highest BCUT2D eigenvalue weighted by molar-refractivity contribution is 5.75. The van der Waals surface area contributed by atoms with Gasteiger partial charge in [0.05, 0.1) is 0 Å². The van der Waals surface area contributed by atoms with E-state index in [2.05, 4.69) is 23.5 Å². The summed E-state index contributed by atoms with van der Waals surface area (Å²) in [6, 6.07) is 14.8. The Kier molecular flexibility index (Phi) is 4.53. The van der Waals surface area contributed by atoms with Gasteiger partial charge in [-0.25, -0.2) is 0 Å². The molecular weight excluding hydrogens is 250 g/mol. The molecule has 1 unspecified atom stereocenters. The highest BCUT2D eigenvalue weighted by Crippen LogP contribution is 2.16. The van der Waals surface area contributed by atoms with Crippen molar-refractivity contribution >= 4 is 5.97 Å². The molecule has 0 spiro atoms. The summed E-state index contributed by atoms with van der Waals surface area (Å²) in [7, 11) is 0. The van der Waals surface area contributed by atoms with Crippen LogP contribution in [0.3, 0.4) is 0 Å². The van der Waals surface area contributed by atoms with Gasteiger partial charge in [-0.2, -0.15) is 0 Å². The molecule has 0 radical (unpaired) electrons. The maximum atomic E-state index is 11.4. The van der Waals surface area contributed by atoms with Gasteiger partial charge in [-0.3, -0.25) is 10.1 Å². The molecule has 2 aromatic rings. The minimum Gasteiger partial charge on any atom is -0.480 e. The third-order valence-electron chi connectivity index (χ3n) is 3.38. The molecule has 0 saturated heterocycles. The van der Waals surface area contributed by atoms with Crippen LogP contribution < -0.4 is 5.32 Å². The Morgan fingerprint density at radius 2 is 1.85 bits per heavy atom. The smallest absolute Gasteiger partial charge is 0.325 e. The normalized spacial score (nSPS) is 12.1. The van der Waals surface area contributed by atoms with Crippen molar-refractivity contribution in [2.24, 2.45) is 0 Å². The second-order valence-corrected chi connectivity index (χ2v) is 4.99. The molecule has 0 amide bonds. The number of nitrogens with one attached hydrogen (secondary N) is 1. The summed E-state index contributed by atoms with van der Waals surface area (Å²) in [5.74, 6) is -0.860. The third kappa shape index (κ3) is 3.45. The molecule has 20 heavy (non-hydrogen) atoms. The predicted molar refractivity (Wildman–Crippen MR) is 79.6 cm³/mol. The number of carboxylic acid groups (broad SMARTS) is 1. The molecule has 0 bridgehead atoms. The first-order valence-corrected chi connectivity index (χ1v) is 6.65. The van der Waals surface area contributed by atoms with E-state index < -0.39 is 12.0 Å². The maximum absolute atomic E-state index is 11.4. The van der Waals surface area contributed by atoms with Crippen LogP contribution in [0.5, 0.6) is 0 Å². The van der Waals surface area contributed by atoms with E-state index in [1.54, 1.807) is 0 Å². The number of aryl methyl sites for hydroxylation is 2. The molecule has 2 N–H and O–H groups in total. The van der Waals surface area contributed by atoms with Crippen molar-refractivity contribution < 1.29 is 9.90 Å². The molecule has 3 nitrogen and oxygen atoms in total. The van der Waals surface area contributed by atoms with Gasteiger partial charge < -0.3 is 5.11 Å². The van der Waals surface area contributed by atoms with Gasteiger partial charge in [0.15, 0.2) is 0 Å². The lowest BCUT2D eigenvalue weighted by atomic mass is 10.0. The summed E-state index contributed by atoms with van der Waals surface area (Å²) < 4.78 is 0. The Morgan fingerprint density at radius 3 is 2.50 bits per heavy atom. The Balaban J connectivity index is 2.14. The van der Waals surface area contributed by atoms with Gasteiger partial charge in [-0.15, -0.1) is 0 Å². The molecule has 0 aliphatic carbocycles. The Morgan fingerprint density at radius 1 is 1.15 bits per heavy atom. The van der Waals surface area contributed by atoms with Crippen molar-refractivity contribution in [3.05, 3.63) is 70.8 Å². The molecule has 104 valence electrons. The zero-order valence-electron chi connectivity index (χ0n) is 11.8. The molecule has 0 fully saturated rings. The van der Waals surface area contributed by atoms with Crippen molar-refractivity contribution in [3.63, 3.8) is 0 Å². The van der Waals surface area contributed by atoms with Gasteiger partial charge in [0.2, 0.25) is 0 Å². The van der Waals surface area contributed by atoms with Crippen molar-refractivity contribution in [1.29, 1.82) is 0 Å². The van der Waals surface area contributed by atoms with Crippen molar-refractivity contribution in [3.8, 4) is 0 Å². The Bertz CT molecular complexity index is 593. The van der Waals surface area contributed by atoms with E-state index in [4.69, 9.17) is 0 Å². The molecule has 0 aliphatic heterocycles. The van der Waals surface area contributed by atoms with Crippen LogP contribution >= 0.6 is 0 Å². The monoisotopic (exact) mass is 269 g/mol. The number of carboxylic acids is 1. The quantitative estimate of drug-likeness (QED) is 0.876. The first kappa shape index (κ1) is 14.3. The van der Waals surface area contributed by atoms with Crippen LogP contribution in [0.4, 0.5) is 0 Å². The van der Waals surface area contributed by atoms with E-state index in [9.17, 15) is 9.90 Å². The predicted octanol–water partition coefficient (Wildman–Crippen LogP) is 3.22. The first-order valence-electron chi connectivity index (χ1n) is 6.65. The van der Waals surface area contributed by atoms with E-state index in [0.717, 1.165) is 11.1 Å². The third-order valence-corrected chi connectivity index (χ3v) is 3.38. The SMILES string of the molecule is Cc1ccc(C)c(CNC(C(=O)O)c2ccccc2)c1. The van der Waals surface area contributed by atoms with Crippen LogP contribution in [0, 0.1) is 13.8 Å². The van der Waals surface area contributed by atoms with Crippen LogP contribution in [0.2, 0.25) is 0 Å². The van der Waals surface area contributed by atoms with Crippen LogP contribution in [0.25, 0.3) is 0 Å². The van der Waals surface area contributed by atoms with Crippen molar-refractivity contribution in [2.75, 3.05) is 0 Å². The Hall–Kier alpha value is -2.13. The summed E-state index contributed by atoms with van der Waals surface area (Å²) in [5.41, 5.74) is 4.25. The van der Waals surface area contributed by atoms with Gasteiger partial charge in [-0.05, 0) is 30.5 Å². The van der Waals surface area contributed by atoms with Crippen molar-refractivity contribution in [1.82, 2.24) is 5.32 Å². The minimum absolute atomic E-state index is 0.541. The van der Waals surface area contributed by atoms with Crippen LogP contribution in [0.15, 0.2) is 48.5 Å². The van der Waals surface area contributed by atoms with Crippen LogP contribution in [-0.4, -0.2) is 11.1 Å². The second kappa shape index (κ2) is 6.35. The number of hydrogen-bond donors (Lipinski definition) is 2. The van der Waals surface area contributed by atoms with Gasteiger partial charge >= 0.3 is 5.97 Å². The average molecular weight is 269 g/mol. The lowest BCUT2D eigenvalue weighted by Crippen LogP contribution is -2.28. The summed E-state index contributed by atoms with van der Waals surface area (Å²) >= 11 is 0. The maximum Gasteiger partial charge on any atom is 0.325 e. The van der Waals surface area contributed by atoms with Crippen molar-refractivity contribution in [2.45, 2.75) is 26.4 Å². The van der Waals surface area contributed by atoms with E-state index in [1.165, 1.54) is 11.1 Å². The molecule has 1 atom stereocenters. The molecule has 0 heterocycles. The molecule has 0 saturated carbocycles. The largest absolute Gasteiger partial charge is 0.480 e. The van der Waals surface area contributed by atoms with Gasteiger partial charge in [0, 0.05) is 6.54 Å². The second-order valence-electron chi connectivity index (χ2n) is 4.99. The topological polar surface area (TPSA) is 49.3 Å². The lowest BCUT2D eigenvalue weighted by Gasteiger charge is -2.16. The molecule has 3 heteroatoms. The standard InChI is InChI=1S/C17H19NO2/c1-12-8-9-13(2)15(10-12)11-18-16(17(19)20)14-6-4-3-5-7-14/h3-10,16,18H,11H2,1-2H3,(H,19,20). The molecule has 2 rings (SSSR count). The lowest BCUT2D eigenvalue weighted by molar-refractivity contribution is -0.139. The summed E-state index contributed by atoms with van der Waals surface area (Å²) in [5, 5.41) is 12.5. The van der Waals surface area contributed by atoms with Gasteiger partial charge in [0.1, 0.15) is 6.04 Å². The van der Waals surface area contributed by atoms with E-state index in [0.29, 0.717) is 6.54 Å². The van der Waals surface area contributed by atoms with E-state index >= 15 is 0 Å². The zero-order valence-corrected chi connectivity index (χ0v) is 11.8. The van der Waals surface area contributed by atoms with E-state index in [-0.39, 0.29) is 0 Å². The molecule has 2 aromatic carbocycles. The highest BCUT2D eigenvalue weighted by Gasteiger charge is 2.18. The Labute approximate surface area is 119 Å². The number of aliphatic carboxylic acids is 1.